The number of ether oxygens (including phenoxy) is 1. The molecule has 4 atom stereocenters. The summed E-state index contributed by atoms with van der Waals surface area (Å²) in [5.74, 6) is 1.48. The van der Waals surface area contributed by atoms with Crippen LogP contribution in [0.15, 0.2) is 0 Å². The Hall–Kier alpha value is 0.00987. The van der Waals surface area contributed by atoms with Gasteiger partial charge in [-0.05, 0) is 89.4 Å². The Morgan fingerprint density at radius 2 is 1.24 bits per heavy atom. The molecule has 3 saturated heterocycles. The average Bonchev–Trinajstić information content (AvgIpc) is 2.86. The largest absolute Gasteiger partial charge is 0.375 e. The lowest BCUT2D eigenvalue weighted by Gasteiger charge is -2.32. The molecule has 0 bridgehead atoms. The zero-order valence-electron chi connectivity index (χ0n) is 13.3. The van der Waals surface area contributed by atoms with E-state index in [0.29, 0.717) is 12.2 Å². The van der Waals surface area contributed by atoms with Gasteiger partial charge in [0.05, 0.1) is 12.2 Å². The Balaban J connectivity index is 1.38. The van der Waals surface area contributed by atoms with Crippen LogP contribution in [0.4, 0.5) is 0 Å². The second-order valence-corrected chi connectivity index (χ2v) is 7.44. The molecule has 0 saturated carbocycles. The van der Waals surface area contributed by atoms with Gasteiger partial charge in [0, 0.05) is 0 Å². The van der Waals surface area contributed by atoms with Gasteiger partial charge < -0.3 is 14.4 Å². The highest BCUT2D eigenvalue weighted by molar-refractivity contribution is 6.04. The predicted molar refractivity (Wildman–Crippen MR) is 87.2 cm³/mol. The first-order valence-electron chi connectivity index (χ1n) is 8.84. The Kier molecular flexibility index (Phi) is 5.69. The summed E-state index contributed by atoms with van der Waals surface area (Å²) in [7, 11) is 11.9. The molecule has 3 nitrogen and oxygen atoms in total. The van der Waals surface area contributed by atoms with E-state index in [-0.39, 0.29) is 0 Å². The fourth-order valence-electron chi connectivity index (χ4n) is 4.45. The summed E-state index contributed by atoms with van der Waals surface area (Å²) >= 11 is 0. The highest BCUT2D eigenvalue weighted by Gasteiger charge is 2.31. The van der Waals surface area contributed by atoms with Gasteiger partial charge in [0.2, 0.25) is 0 Å². The normalized spacial score (nSPS) is 39.6. The third-order valence-corrected chi connectivity index (χ3v) is 5.49. The zero-order valence-corrected chi connectivity index (χ0v) is 13.3. The molecular weight excluding hydrogens is 258 g/mol. The van der Waals surface area contributed by atoms with Crippen molar-refractivity contribution in [1.82, 2.24) is 9.62 Å². The van der Waals surface area contributed by atoms with Crippen molar-refractivity contribution in [2.24, 2.45) is 11.8 Å². The monoisotopic (exact) mass is 286 g/mol. The van der Waals surface area contributed by atoms with Gasteiger partial charge in [0.15, 0.2) is 16.0 Å². The number of rotatable bonds is 4. The molecule has 0 amide bonds. The van der Waals surface area contributed by atoms with E-state index in [1.165, 1.54) is 51.4 Å². The first-order chi connectivity index (χ1) is 10.2. The summed E-state index contributed by atoms with van der Waals surface area (Å²) in [5.41, 5.74) is 0. The van der Waals surface area contributed by atoms with Gasteiger partial charge in [-0.25, -0.2) is 0 Å². The minimum Gasteiger partial charge on any atom is -0.375 e. The van der Waals surface area contributed by atoms with Crippen molar-refractivity contribution in [3.8, 4) is 0 Å². The van der Waals surface area contributed by atoms with E-state index in [2.05, 4.69) is 0 Å². The third kappa shape index (κ3) is 4.74. The number of piperidine rings is 2. The molecule has 3 heterocycles. The number of hydrogen-bond donors (Lipinski definition) is 0. The van der Waals surface area contributed by atoms with Crippen molar-refractivity contribution in [2.45, 2.75) is 63.6 Å². The molecule has 21 heavy (non-hydrogen) atoms. The lowest BCUT2D eigenvalue weighted by atomic mass is 9.89. The minimum atomic E-state index is 0.476. The Bertz CT molecular complexity index is 301. The van der Waals surface area contributed by atoms with Gasteiger partial charge in [-0.1, -0.05) is 0 Å². The van der Waals surface area contributed by atoms with Crippen LogP contribution in [0.2, 0.25) is 0 Å². The topological polar surface area (TPSA) is 15.7 Å². The molecule has 0 spiro atoms. The van der Waals surface area contributed by atoms with Crippen molar-refractivity contribution in [3.63, 3.8) is 0 Å². The van der Waals surface area contributed by atoms with Crippen molar-refractivity contribution < 1.29 is 4.74 Å². The van der Waals surface area contributed by atoms with E-state index >= 15 is 0 Å². The smallest absolute Gasteiger partial charge is 0.182 e. The minimum absolute atomic E-state index is 0.476. The van der Waals surface area contributed by atoms with Crippen LogP contribution >= 0.6 is 0 Å². The van der Waals surface area contributed by atoms with E-state index in [4.69, 9.17) is 20.7 Å². The van der Waals surface area contributed by atoms with Gasteiger partial charge in [-0.15, -0.1) is 0 Å². The fourth-order valence-corrected chi connectivity index (χ4v) is 4.45. The zero-order chi connectivity index (χ0) is 14.7. The molecule has 3 aliphatic rings. The molecule has 0 aromatic carbocycles. The molecule has 0 aliphatic carbocycles. The van der Waals surface area contributed by atoms with Crippen molar-refractivity contribution >= 4 is 16.0 Å². The van der Waals surface area contributed by atoms with Crippen LogP contribution < -0.4 is 0 Å². The van der Waals surface area contributed by atoms with Gasteiger partial charge in [-0.2, -0.15) is 0 Å². The summed E-state index contributed by atoms with van der Waals surface area (Å²) in [6.45, 7) is 4.22. The summed E-state index contributed by atoms with van der Waals surface area (Å²) < 4.78 is 6.32. The molecule has 3 fully saturated rings. The fraction of sp³-hybridized carbons (Fsp3) is 1.00. The van der Waals surface area contributed by atoms with Gasteiger partial charge in [-0.3, -0.25) is 0 Å². The second kappa shape index (κ2) is 7.52. The molecule has 5 heteroatoms. The quantitative estimate of drug-likeness (QED) is 0.734. The van der Waals surface area contributed by atoms with Crippen molar-refractivity contribution in [3.05, 3.63) is 0 Å². The standard InChI is InChI=1S/C16H28B2N2O/c17-19-7-1-3-13(11-19)9-15-5-6-16(21-15)10-14-4-2-8-20(18)12-14/h13-16H,1-12H2. The first-order valence-corrected chi connectivity index (χ1v) is 8.84. The van der Waals surface area contributed by atoms with E-state index in [1.807, 2.05) is 9.62 Å². The number of nitrogens with zero attached hydrogens (tertiary/aromatic N) is 2. The maximum Gasteiger partial charge on any atom is 0.182 e. The van der Waals surface area contributed by atoms with Crippen LogP contribution in [0.25, 0.3) is 0 Å². The van der Waals surface area contributed by atoms with E-state index in [9.17, 15) is 0 Å². The summed E-state index contributed by atoms with van der Waals surface area (Å²) in [6, 6.07) is 0. The molecule has 0 aromatic rings. The maximum atomic E-state index is 6.32. The third-order valence-electron chi connectivity index (χ3n) is 5.49. The van der Waals surface area contributed by atoms with Gasteiger partial charge in [0.25, 0.3) is 0 Å². The Labute approximate surface area is 132 Å². The van der Waals surface area contributed by atoms with Crippen LogP contribution in [-0.4, -0.2) is 64.0 Å². The van der Waals surface area contributed by atoms with Gasteiger partial charge in [0.1, 0.15) is 0 Å². The molecule has 114 valence electrons. The predicted octanol–water partition coefficient (Wildman–Crippen LogP) is 1.91. The van der Waals surface area contributed by atoms with Crippen molar-refractivity contribution in [2.75, 3.05) is 26.2 Å². The van der Waals surface area contributed by atoms with E-state index in [0.717, 1.165) is 38.0 Å². The van der Waals surface area contributed by atoms with Crippen LogP contribution in [0.1, 0.15) is 51.4 Å². The highest BCUT2D eigenvalue weighted by atomic mass is 16.5. The number of hydrogen-bond acceptors (Lipinski definition) is 3. The average molecular weight is 286 g/mol. The molecule has 3 aliphatic heterocycles. The molecule has 3 rings (SSSR count). The van der Waals surface area contributed by atoms with Crippen LogP contribution in [0, 0.1) is 11.8 Å². The SMILES string of the molecule is [B]N1CCCC(CC2CCC(CC3CCCN([B])C3)O2)C1. The Morgan fingerprint density at radius 1 is 0.762 bits per heavy atom. The molecule has 0 aromatic heterocycles. The summed E-state index contributed by atoms with van der Waals surface area (Å²) in [5, 5.41) is 0. The van der Waals surface area contributed by atoms with Crippen LogP contribution in [-0.2, 0) is 4.74 Å². The summed E-state index contributed by atoms with van der Waals surface area (Å²) in [4.78, 5) is 3.97. The highest BCUT2D eigenvalue weighted by Crippen LogP contribution is 2.32. The van der Waals surface area contributed by atoms with E-state index in [1.54, 1.807) is 0 Å². The lowest BCUT2D eigenvalue weighted by molar-refractivity contribution is 0.0109. The van der Waals surface area contributed by atoms with Gasteiger partial charge >= 0.3 is 0 Å². The summed E-state index contributed by atoms with van der Waals surface area (Å²) in [6.07, 6.45) is 11.0. The lowest BCUT2D eigenvalue weighted by Crippen LogP contribution is -2.35. The van der Waals surface area contributed by atoms with Crippen molar-refractivity contribution in [1.29, 1.82) is 0 Å². The van der Waals surface area contributed by atoms with Crippen LogP contribution in [0.5, 0.6) is 0 Å². The molecule has 4 radical (unpaired) electrons. The molecular formula is C16H28B2N2O. The molecule has 0 N–H and O–H groups in total. The van der Waals surface area contributed by atoms with Crippen LogP contribution in [0.3, 0.4) is 0 Å². The maximum absolute atomic E-state index is 6.32. The molecule has 4 unspecified atom stereocenters. The first kappa shape index (κ1) is 15.9. The van der Waals surface area contributed by atoms with E-state index < -0.39 is 0 Å². The second-order valence-electron chi connectivity index (χ2n) is 7.44. The Morgan fingerprint density at radius 3 is 1.67 bits per heavy atom.